The Balaban J connectivity index is 0.748. The highest BCUT2D eigenvalue weighted by Gasteiger charge is 3.03. The van der Waals surface area contributed by atoms with Gasteiger partial charge in [-0.05, 0) is 357 Å². The summed E-state index contributed by atoms with van der Waals surface area (Å²) in [7, 11) is 0. The molecule has 0 bridgehead atoms. The van der Waals surface area contributed by atoms with Crippen molar-refractivity contribution >= 4 is 336 Å². The minimum Gasteiger partial charge on any atom is -0.462 e. The van der Waals surface area contributed by atoms with Crippen LogP contribution in [0.2, 0.25) is 0 Å². The molecule has 10 aliphatic rings. The highest BCUT2D eigenvalue weighted by Crippen LogP contribution is 3.00. The largest absolute Gasteiger partial charge is 0.462 e. The second-order valence-electron chi connectivity index (χ2n) is 37.6. The summed E-state index contributed by atoms with van der Waals surface area (Å²) in [5, 5.41) is 108. The number of aliphatic hydroxyl groups excluding tert-OH is 4. The molecular formula is C100H52O20. The van der Waals surface area contributed by atoms with E-state index in [1.54, 1.807) is 0 Å². The van der Waals surface area contributed by atoms with E-state index in [0.717, 1.165) is 120 Å². The Hall–Kier alpha value is -11.2. The van der Waals surface area contributed by atoms with E-state index < -0.39 is 56.4 Å². The minimum absolute atomic E-state index is 0.0340. The van der Waals surface area contributed by atoms with Crippen molar-refractivity contribution in [3.05, 3.63) is 44.5 Å². The molecule has 20 nitrogen and oxygen atoms in total. The normalized spacial score (nSPS) is 22.1. The topological polar surface area (TPSA) is 260 Å². The van der Waals surface area contributed by atoms with Crippen molar-refractivity contribution < 1.29 is 96.4 Å². The highest BCUT2D eigenvalue weighted by atomic mass is 16.6. The summed E-state index contributed by atoms with van der Waals surface area (Å²) in [4.78, 5) is 72.2. The van der Waals surface area contributed by atoms with Gasteiger partial charge in [0.25, 0.3) is 0 Å². The number of benzene rings is 21. The summed E-state index contributed by atoms with van der Waals surface area (Å²) in [5.74, 6) is -2.48. The fourth-order valence-electron chi connectivity index (χ4n) is 34.5. The number of rotatable bonds is 36. The van der Waals surface area contributed by atoms with Crippen LogP contribution in [0.3, 0.4) is 0 Å². The smallest absolute Gasteiger partial charge is 0.326 e. The summed E-state index contributed by atoms with van der Waals surface area (Å²) in [6, 6.07) is 0. The van der Waals surface area contributed by atoms with Crippen LogP contribution < -0.4 is 0 Å². The quantitative estimate of drug-likeness (QED) is 0.00710. The van der Waals surface area contributed by atoms with Crippen LogP contribution in [-0.2, 0) is 97.7 Å². The van der Waals surface area contributed by atoms with Crippen molar-refractivity contribution in [1.82, 2.24) is 0 Å². The zero-order chi connectivity index (χ0) is 76.9. The molecule has 2 fully saturated rings. The summed E-state index contributed by atoms with van der Waals surface area (Å²) in [5.41, 5.74) is -1.32. The van der Waals surface area contributed by atoms with E-state index in [-0.39, 0.29) is 159 Å². The Kier molecular flexibility index (Phi) is 8.32. The molecule has 0 saturated heterocycles. The Morgan fingerprint density at radius 2 is 0.250 bits per heavy atom. The molecule has 4 unspecified atom stereocenters. The lowest BCUT2D eigenvalue weighted by Crippen LogP contribution is -2.39. The molecule has 0 heterocycles. The first-order chi connectivity index (χ1) is 59.4. The van der Waals surface area contributed by atoms with Crippen molar-refractivity contribution in [3.63, 3.8) is 0 Å². The van der Waals surface area contributed by atoms with Crippen LogP contribution in [-0.4, -0.2) is 203 Å². The van der Waals surface area contributed by atoms with E-state index in [1.165, 1.54) is 237 Å². The molecule has 0 amide bonds. The third-order valence-electron chi connectivity index (χ3n) is 35.5. The fourth-order valence-corrected chi connectivity index (χ4v) is 34.5. The van der Waals surface area contributed by atoms with E-state index in [1.807, 2.05) is 0 Å². The number of aliphatic hydroxyl groups is 4. The van der Waals surface area contributed by atoms with Gasteiger partial charge in [-0.25, -0.2) is 0 Å². The Morgan fingerprint density at radius 3 is 0.367 bits per heavy atom. The van der Waals surface area contributed by atoms with E-state index in [0.29, 0.717) is 0 Å². The van der Waals surface area contributed by atoms with Crippen LogP contribution in [0.15, 0.2) is 0 Å². The molecular weight excluding hydrogens is 1520 g/mol. The highest BCUT2D eigenvalue weighted by molar-refractivity contribution is 6.80. The Labute approximate surface area is 664 Å². The number of carbonyl (C=O) groups excluding carboxylic acids is 4. The Morgan fingerprint density at radius 1 is 0.150 bits per heavy atom. The predicted molar refractivity (Wildman–Crippen MR) is 454 cm³/mol. The molecule has 4 atom stereocenters. The molecule has 0 aromatic heterocycles. The van der Waals surface area contributed by atoms with Crippen LogP contribution >= 0.6 is 0 Å². The van der Waals surface area contributed by atoms with Gasteiger partial charge in [-0.3, -0.25) is 19.2 Å². The van der Waals surface area contributed by atoms with Gasteiger partial charge >= 0.3 is 23.9 Å². The summed E-state index contributed by atoms with van der Waals surface area (Å²) in [6.07, 6.45) is 0. The standard InChI is InChI=1S/C100H52O20/c101-1-5-109-9-13-113-17-21-117-91(105)99(92(106)118-22-18-114-14-10-110-6-2-102)95-83-67-51-31-29-27-26-25-28-30-32-34-35-37-46-56(34)72-68-52(32)40(28)60-42(26)62-44(29)54-36-33(31)55-45-38(36)58-48-49-63(45)79(87(95)71(55)67)81-65(49)47(57(37)73-69-53(35)43(30)61-41(25)59(39(27)51)75(83)77(61)85(69)97(95,99)89(73)81)50-64(46)80-82(66(48)50)90-74(58)70(54)86-78(62)76(60)84(68)96(88(72)80)98(86,90)100(96,93(107)119-23-19-115-15-11-111-7-3-103)94(108)120-24-20-116-16-12-112-8-4-104/h101-104H,1-24H2. The predicted octanol–water partition coefficient (Wildman–Crippen LogP) is 14.1. The van der Waals surface area contributed by atoms with Crippen LogP contribution in [0.1, 0.15) is 44.5 Å². The molecule has 0 radical (unpaired) electrons. The molecule has 29 aromatic carbocycles. The number of hydrogen-bond donors (Lipinski definition) is 4. The summed E-state index contributed by atoms with van der Waals surface area (Å²) in [6.45, 7) is 1.48. The minimum atomic E-state index is -2.07. The first-order valence-electron chi connectivity index (χ1n) is 42.9. The summed E-state index contributed by atoms with van der Waals surface area (Å²) < 4.78 is 76.0. The zero-order valence-electron chi connectivity index (χ0n) is 63.3. The average Bonchev–Trinajstić information content (AvgIpc) is 1.35. The molecule has 0 aliphatic heterocycles. The van der Waals surface area contributed by atoms with Gasteiger partial charge in [0, 0.05) is 0 Å². The number of ether oxygens (including phenoxy) is 12. The summed E-state index contributed by atoms with van der Waals surface area (Å²) >= 11 is 0. The van der Waals surface area contributed by atoms with Crippen molar-refractivity contribution in [3.8, 4) is 0 Å². The monoisotopic (exact) mass is 1570 g/mol. The first kappa shape index (κ1) is 59.5. The van der Waals surface area contributed by atoms with E-state index in [4.69, 9.17) is 56.8 Å². The average molecular weight is 1570 g/mol. The van der Waals surface area contributed by atoms with Crippen LogP contribution in [0.4, 0.5) is 0 Å². The van der Waals surface area contributed by atoms with E-state index in [2.05, 4.69) is 0 Å². The molecule has 29 aromatic rings. The number of esters is 4. The third-order valence-corrected chi connectivity index (χ3v) is 35.5. The van der Waals surface area contributed by atoms with Crippen molar-refractivity contribution in [2.45, 2.75) is 21.7 Å². The van der Waals surface area contributed by atoms with Crippen LogP contribution in [0.25, 0.3) is 312 Å². The second-order valence-corrected chi connectivity index (χ2v) is 37.6. The number of carbonyl (C=O) groups is 4. The van der Waals surface area contributed by atoms with Crippen molar-refractivity contribution in [1.29, 1.82) is 0 Å². The molecule has 4 N–H and O–H groups in total. The molecule has 572 valence electrons. The van der Waals surface area contributed by atoms with Crippen molar-refractivity contribution in [2.24, 2.45) is 10.8 Å². The van der Waals surface area contributed by atoms with Gasteiger partial charge in [0.05, 0.1) is 154 Å². The molecule has 120 heavy (non-hydrogen) atoms. The van der Waals surface area contributed by atoms with Gasteiger partial charge in [-0.2, -0.15) is 0 Å². The third kappa shape index (κ3) is 4.25. The van der Waals surface area contributed by atoms with Crippen molar-refractivity contribution in [2.75, 3.05) is 159 Å². The molecule has 10 aliphatic carbocycles. The van der Waals surface area contributed by atoms with E-state index in [9.17, 15) is 20.4 Å². The second kappa shape index (κ2) is 16.8. The maximum atomic E-state index is 18.0. The van der Waals surface area contributed by atoms with Gasteiger partial charge < -0.3 is 77.3 Å². The molecule has 20 heteroatoms. The van der Waals surface area contributed by atoms with Gasteiger partial charge in [0.2, 0.25) is 0 Å². The van der Waals surface area contributed by atoms with Gasteiger partial charge in [-0.15, -0.1) is 0 Å². The van der Waals surface area contributed by atoms with Gasteiger partial charge in [0.15, 0.2) is 10.8 Å². The van der Waals surface area contributed by atoms with Crippen LogP contribution in [0.5, 0.6) is 0 Å². The molecule has 2 saturated carbocycles. The Bertz CT molecular complexity index is 9320. The maximum Gasteiger partial charge on any atom is 0.326 e. The van der Waals surface area contributed by atoms with E-state index >= 15 is 19.2 Å². The maximum absolute atomic E-state index is 18.0. The lowest BCUT2D eigenvalue weighted by Gasteiger charge is -2.32. The van der Waals surface area contributed by atoms with Gasteiger partial charge in [-0.1, -0.05) is 0 Å². The van der Waals surface area contributed by atoms with Gasteiger partial charge in [0.1, 0.15) is 26.4 Å². The molecule has 39 rings (SSSR count). The fraction of sp³-hybridized carbons (Fsp3) is 0.300. The lowest BCUT2D eigenvalue weighted by molar-refractivity contribution is -0.170. The lowest BCUT2D eigenvalue weighted by atomic mass is 9.67. The SMILES string of the molecule is O=C(OCCOCCOCCO)C1(C(=O)OCCOCCOCCO)C23c4c5c6c7c8c9c(c%10c%11c2c2c4c4c%12c5c5c6c6c8c8c%13c%14c%15c%16c%17c%18c%19c%20c%21c%22c%23c%24c(c%15c(c5c%24c%12c%23c5c%21c%12c(c2c2c%11c%11c%10c%10c9c8c8c%14c%17c9c%18c%14c%20c%12c2c%14c%11c9c%108)c45)c6%13)C%162C(C(=O)OCCOCCOCCO)(C(=O)OCCOCCOCCO)C%22%192)C713. The zero-order valence-corrected chi connectivity index (χ0v) is 63.3. The first-order valence-corrected chi connectivity index (χ1v) is 42.9. The molecule has 4 spiro atoms. The van der Waals surface area contributed by atoms with Crippen LogP contribution in [0, 0.1) is 10.8 Å². The number of hydrogen-bond acceptors (Lipinski definition) is 20.